The van der Waals surface area contributed by atoms with Gasteiger partial charge in [-0.15, -0.1) is 0 Å². The SMILES string of the molecule is NNc1cc(-c2cn(-c3ccccc3Cl)cn2)ncc1N. The number of nitrogen functional groups attached to an aromatic ring is 2. The molecule has 0 aliphatic carbocycles. The summed E-state index contributed by atoms with van der Waals surface area (Å²) in [5, 5.41) is 0.649. The highest BCUT2D eigenvalue weighted by Gasteiger charge is 2.09. The number of hydrazine groups is 1. The van der Waals surface area contributed by atoms with Crippen LogP contribution in [0.4, 0.5) is 11.4 Å². The monoisotopic (exact) mass is 300 g/mol. The first-order chi connectivity index (χ1) is 10.2. The number of hydrogen-bond acceptors (Lipinski definition) is 5. The van der Waals surface area contributed by atoms with Crippen molar-refractivity contribution in [3.63, 3.8) is 0 Å². The van der Waals surface area contributed by atoms with Gasteiger partial charge in [0.2, 0.25) is 0 Å². The minimum Gasteiger partial charge on any atom is -0.396 e. The van der Waals surface area contributed by atoms with E-state index in [4.69, 9.17) is 23.2 Å². The Hall–Kier alpha value is -2.57. The van der Waals surface area contributed by atoms with Gasteiger partial charge < -0.3 is 15.7 Å². The first kappa shape index (κ1) is 13.4. The van der Waals surface area contributed by atoms with Crippen molar-refractivity contribution < 1.29 is 0 Å². The Morgan fingerprint density at radius 1 is 1.14 bits per heavy atom. The van der Waals surface area contributed by atoms with E-state index in [9.17, 15) is 0 Å². The third-order valence-electron chi connectivity index (χ3n) is 3.07. The van der Waals surface area contributed by atoms with E-state index >= 15 is 0 Å². The number of nitrogens with zero attached hydrogens (tertiary/aromatic N) is 3. The summed E-state index contributed by atoms with van der Waals surface area (Å²) in [6.45, 7) is 0. The minimum absolute atomic E-state index is 0.479. The van der Waals surface area contributed by atoms with E-state index in [-0.39, 0.29) is 0 Å². The van der Waals surface area contributed by atoms with Gasteiger partial charge in [0, 0.05) is 6.20 Å². The van der Waals surface area contributed by atoms with Gasteiger partial charge in [-0.2, -0.15) is 0 Å². The van der Waals surface area contributed by atoms with Crippen LogP contribution in [0.2, 0.25) is 5.02 Å². The predicted octanol–water partition coefficient (Wildman–Crippen LogP) is 2.46. The third-order valence-corrected chi connectivity index (χ3v) is 3.39. The molecule has 0 aliphatic heterocycles. The quantitative estimate of drug-likeness (QED) is 0.510. The molecule has 0 saturated heterocycles. The van der Waals surface area contributed by atoms with E-state index in [1.807, 2.05) is 35.0 Å². The fraction of sp³-hybridized carbons (Fsp3) is 0. The van der Waals surface area contributed by atoms with Crippen LogP contribution in [-0.2, 0) is 0 Å². The van der Waals surface area contributed by atoms with E-state index in [1.165, 1.54) is 0 Å². The van der Waals surface area contributed by atoms with Crippen LogP contribution in [0.25, 0.3) is 17.1 Å². The Kier molecular flexibility index (Phi) is 3.47. The topological polar surface area (TPSA) is 94.8 Å². The number of rotatable bonds is 3. The van der Waals surface area contributed by atoms with Crippen LogP contribution < -0.4 is 17.0 Å². The summed E-state index contributed by atoms with van der Waals surface area (Å²) in [5.74, 6) is 5.41. The molecular weight excluding hydrogens is 288 g/mol. The van der Waals surface area contributed by atoms with Crippen molar-refractivity contribution >= 4 is 23.0 Å². The van der Waals surface area contributed by atoms with Crippen LogP contribution in [0.5, 0.6) is 0 Å². The zero-order valence-electron chi connectivity index (χ0n) is 11.0. The van der Waals surface area contributed by atoms with Gasteiger partial charge in [0.1, 0.15) is 12.0 Å². The molecule has 0 fully saturated rings. The highest BCUT2D eigenvalue weighted by Crippen LogP contribution is 2.25. The van der Waals surface area contributed by atoms with Crippen molar-refractivity contribution in [3.8, 4) is 17.1 Å². The van der Waals surface area contributed by atoms with Crippen molar-refractivity contribution in [2.24, 2.45) is 5.84 Å². The summed E-state index contributed by atoms with van der Waals surface area (Å²) in [6.07, 6.45) is 5.07. The minimum atomic E-state index is 0.479. The highest BCUT2D eigenvalue weighted by atomic mass is 35.5. The third kappa shape index (κ3) is 2.54. The van der Waals surface area contributed by atoms with Crippen LogP contribution in [0, 0.1) is 0 Å². The molecule has 0 amide bonds. The first-order valence-electron chi connectivity index (χ1n) is 6.20. The van der Waals surface area contributed by atoms with Crippen molar-refractivity contribution in [1.82, 2.24) is 14.5 Å². The Morgan fingerprint density at radius 2 is 1.95 bits per heavy atom. The van der Waals surface area contributed by atoms with Gasteiger partial charge in [0.25, 0.3) is 0 Å². The van der Waals surface area contributed by atoms with Crippen LogP contribution in [0.3, 0.4) is 0 Å². The second-order valence-corrected chi connectivity index (χ2v) is 4.83. The maximum Gasteiger partial charge on any atom is 0.107 e. The molecule has 7 heteroatoms. The van der Waals surface area contributed by atoms with Gasteiger partial charge in [0.15, 0.2) is 0 Å². The van der Waals surface area contributed by atoms with Gasteiger partial charge in [-0.3, -0.25) is 10.8 Å². The number of nitrogens with one attached hydrogen (secondary N) is 1. The average molecular weight is 301 g/mol. The molecule has 6 nitrogen and oxygen atoms in total. The Labute approximate surface area is 126 Å². The Morgan fingerprint density at radius 3 is 2.71 bits per heavy atom. The normalized spacial score (nSPS) is 10.6. The number of nitrogens with two attached hydrogens (primary N) is 2. The molecule has 3 aromatic rings. The molecule has 1 aromatic carbocycles. The Bertz CT molecular complexity index is 783. The van der Waals surface area contributed by atoms with E-state index in [2.05, 4.69) is 15.4 Å². The zero-order chi connectivity index (χ0) is 14.8. The van der Waals surface area contributed by atoms with Crippen molar-refractivity contribution in [2.45, 2.75) is 0 Å². The maximum absolute atomic E-state index is 6.18. The molecule has 2 aromatic heterocycles. The fourth-order valence-electron chi connectivity index (χ4n) is 1.98. The fourth-order valence-corrected chi connectivity index (χ4v) is 2.21. The van der Waals surface area contributed by atoms with Gasteiger partial charge in [0.05, 0.1) is 34.0 Å². The number of hydrogen-bond donors (Lipinski definition) is 3. The van der Waals surface area contributed by atoms with Gasteiger partial charge in [-0.25, -0.2) is 4.98 Å². The number of benzene rings is 1. The highest BCUT2D eigenvalue weighted by molar-refractivity contribution is 6.32. The molecule has 0 unspecified atom stereocenters. The van der Waals surface area contributed by atoms with Gasteiger partial charge in [-0.05, 0) is 18.2 Å². The lowest BCUT2D eigenvalue weighted by Crippen LogP contribution is -2.09. The summed E-state index contributed by atoms with van der Waals surface area (Å²) in [7, 11) is 0. The summed E-state index contributed by atoms with van der Waals surface area (Å²) in [5.41, 5.74) is 11.6. The van der Waals surface area contributed by atoms with E-state index < -0.39 is 0 Å². The van der Waals surface area contributed by atoms with Crippen LogP contribution >= 0.6 is 11.6 Å². The standard InChI is InChI=1S/C14H13ClN6/c15-9-3-1-2-4-14(9)21-7-13(19-8-21)12-5-11(20-17)10(16)6-18-12/h1-8H,16-17H2,(H,18,20). The van der Waals surface area contributed by atoms with E-state index in [1.54, 1.807) is 18.6 Å². The number of para-hydroxylation sites is 1. The van der Waals surface area contributed by atoms with Crippen LogP contribution in [0.1, 0.15) is 0 Å². The largest absolute Gasteiger partial charge is 0.396 e. The van der Waals surface area contributed by atoms with Crippen molar-refractivity contribution in [3.05, 3.63) is 54.1 Å². The molecular formula is C14H13ClN6. The number of imidazole rings is 1. The molecule has 106 valence electrons. The second-order valence-electron chi connectivity index (χ2n) is 4.42. The van der Waals surface area contributed by atoms with E-state index in [0.717, 1.165) is 5.69 Å². The lowest BCUT2D eigenvalue weighted by Gasteiger charge is -2.05. The molecule has 0 atom stereocenters. The Balaban J connectivity index is 2.01. The average Bonchev–Trinajstić information content (AvgIpc) is 2.98. The number of anilines is 2. The molecule has 3 rings (SSSR count). The summed E-state index contributed by atoms with van der Waals surface area (Å²) >= 11 is 6.18. The van der Waals surface area contributed by atoms with Gasteiger partial charge in [-0.1, -0.05) is 23.7 Å². The molecule has 5 N–H and O–H groups in total. The molecule has 0 spiro atoms. The lowest BCUT2D eigenvalue weighted by atomic mass is 10.2. The number of halogens is 1. The van der Waals surface area contributed by atoms with E-state index in [0.29, 0.717) is 27.8 Å². The molecule has 0 aliphatic rings. The summed E-state index contributed by atoms with van der Waals surface area (Å²) in [4.78, 5) is 8.60. The second kappa shape index (κ2) is 5.43. The number of aromatic nitrogens is 3. The first-order valence-corrected chi connectivity index (χ1v) is 6.58. The molecule has 0 bridgehead atoms. The molecule has 2 heterocycles. The lowest BCUT2D eigenvalue weighted by molar-refractivity contribution is 1.06. The zero-order valence-corrected chi connectivity index (χ0v) is 11.7. The molecule has 21 heavy (non-hydrogen) atoms. The van der Waals surface area contributed by atoms with Crippen LogP contribution in [0.15, 0.2) is 49.1 Å². The van der Waals surface area contributed by atoms with Crippen LogP contribution in [-0.4, -0.2) is 14.5 Å². The van der Waals surface area contributed by atoms with Crippen molar-refractivity contribution in [2.75, 3.05) is 11.2 Å². The predicted molar refractivity (Wildman–Crippen MR) is 84.0 cm³/mol. The molecule has 0 radical (unpaired) electrons. The number of pyridine rings is 1. The van der Waals surface area contributed by atoms with Crippen molar-refractivity contribution in [1.29, 1.82) is 0 Å². The smallest absolute Gasteiger partial charge is 0.107 e. The maximum atomic E-state index is 6.18. The molecule has 0 saturated carbocycles. The summed E-state index contributed by atoms with van der Waals surface area (Å²) in [6, 6.07) is 9.28. The van der Waals surface area contributed by atoms with Gasteiger partial charge >= 0.3 is 0 Å². The summed E-state index contributed by atoms with van der Waals surface area (Å²) < 4.78 is 1.84.